The Morgan fingerprint density at radius 2 is 1.76 bits per heavy atom. The van der Waals surface area contributed by atoms with E-state index in [1.165, 1.54) is 32.4 Å². The molecule has 1 heterocycles. The van der Waals surface area contributed by atoms with E-state index in [9.17, 15) is 5.11 Å². The van der Waals surface area contributed by atoms with Crippen LogP contribution >= 0.6 is 0 Å². The van der Waals surface area contributed by atoms with Crippen LogP contribution in [0.25, 0.3) is 0 Å². The van der Waals surface area contributed by atoms with Gasteiger partial charge >= 0.3 is 0 Å². The summed E-state index contributed by atoms with van der Waals surface area (Å²) in [6.45, 7) is 10.7. The Bertz CT molecular complexity index is 202. The molecule has 0 unspecified atom stereocenters. The number of hydrogen-bond donors (Lipinski definition) is 1. The van der Waals surface area contributed by atoms with Gasteiger partial charge in [0.25, 0.3) is 0 Å². The van der Waals surface area contributed by atoms with Crippen molar-refractivity contribution in [3.8, 4) is 0 Å². The van der Waals surface area contributed by atoms with Gasteiger partial charge in [-0.3, -0.25) is 0 Å². The van der Waals surface area contributed by atoms with Crippen molar-refractivity contribution in [1.82, 2.24) is 9.80 Å². The molecule has 1 N–H and O–H groups in total. The fourth-order valence-electron chi connectivity index (χ4n) is 2.70. The van der Waals surface area contributed by atoms with Crippen molar-refractivity contribution in [1.29, 1.82) is 0 Å². The Hall–Kier alpha value is -0.120. The maximum atomic E-state index is 10.1. The molecule has 0 amide bonds. The summed E-state index contributed by atoms with van der Waals surface area (Å²) >= 11 is 0. The second-order valence-corrected chi connectivity index (χ2v) is 6.08. The van der Waals surface area contributed by atoms with Gasteiger partial charge < -0.3 is 14.9 Å². The molecule has 102 valence electrons. The maximum absolute atomic E-state index is 10.1. The molecule has 0 radical (unpaired) electrons. The molecule has 0 bridgehead atoms. The number of nitrogens with zero attached hydrogens (tertiary/aromatic N) is 2. The van der Waals surface area contributed by atoms with Crippen molar-refractivity contribution in [2.24, 2.45) is 5.92 Å². The summed E-state index contributed by atoms with van der Waals surface area (Å²) in [7, 11) is 2.13. The van der Waals surface area contributed by atoms with Crippen LogP contribution in [0.5, 0.6) is 0 Å². The number of β-amino-alcohol motifs (C(OH)–C–C–N with tert-alkyl or cyclic N) is 1. The van der Waals surface area contributed by atoms with Crippen LogP contribution in [-0.4, -0.2) is 60.3 Å². The molecule has 0 spiro atoms. The molecule has 0 aromatic rings. The van der Waals surface area contributed by atoms with E-state index in [1.807, 2.05) is 0 Å². The first-order chi connectivity index (χ1) is 7.99. The number of likely N-dealkylation sites (N-methyl/N-ethyl adjacent to an activating group) is 1. The number of likely N-dealkylation sites (tertiary alicyclic amines) is 1. The SMILES string of the molecule is CC(C)C[C@@H](C)N(C)C[C@H](O)CN1CCCC1. The Balaban J connectivity index is 2.21. The smallest absolute Gasteiger partial charge is 0.0793 e. The lowest BCUT2D eigenvalue weighted by Gasteiger charge is -2.29. The lowest BCUT2D eigenvalue weighted by atomic mass is 10.0. The molecule has 0 aromatic carbocycles. The molecular formula is C14H30N2O. The van der Waals surface area contributed by atoms with Crippen LogP contribution in [0.15, 0.2) is 0 Å². The average molecular weight is 242 g/mol. The normalized spacial score (nSPS) is 21.4. The predicted octanol–water partition coefficient (Wildman–Crippen LogP) is 1.81. The van der Waals surface area contributed by atoms with Crippen LogP contribution in [0.4, 0.5) is 0 Å². The van der Waals surface area contributed by atoms with E-state index in [4.69, 9.17) is 0 Å². The number of hydrogen-bond acceptors (Lipinski definition) is 3. The van der Waals surface area contributed by atoms with Gasteiger partial charge in [-0.15, -0.1) is 0 Å². The molecule has 1 rings (SSSR count). The molecule has 1 aliphatic rings. The van der Waals surface area contributed by atoms with Gasteiger partial charge in [-0.1, -0.05) is 13.8 Å². The van der Waals surface area contributed by atoms with Crippen LogP contribution in [0.3, 0.4) is 0 Å². The molecule has 1 aliphatic heterocycles. The van der Waals surface area contributed by atoms with Gasteiger partial charge in [-0.25, -0.2) is 0 Å². The van der Waals surface area contributed by atoms with E-state index >= 15 is 0 Å². The highest BCUT2D eigenvalue weighted by Crippen LogP contribution is 2.11. The first-order valence-corrected chi connectivity index (χ1v) is 7.09. The van der Waals surface area contributed by atoms with Crippen molar-refractivity contribution in [3.05, 3.63) is 0 Å². The minimum absolute atomic E-state index is 0.201. The Morgan fingerprint density at radius 3 is 2.29 bits per heavy atom. The zero-order valence-corrected chi connectivity index (χ0v) is 12.0. The highest BCUT2D eigenvalue weighted by molar-refractivity contribution is 4.74. The van der Waals surface area contributed by atoms with Gasteiger partial charge in [-0.2, -0.15) is 0 Å². The molecule has 1 saturated heterocycles. The number of aliphatic hydroxyl groups is 1. The van der Waals surface area contributed by atoms with E-state index in [-0.39, 0.29) is 6.10 Å². The summed E-state index contributed by atoms with van der Waals surface area (Å²) in [5, 5.41) is 10.1. The van der Waals surface area contributed by atoms with E-state index < -0.39 is 0 Å². The molecule has 0 aromatic heterocycles. The summed E-state index contributed by atoms with van der Waals surface area (Å²) in [4.78, 5) is 4.67. The zero-order valence-electron chi connectivity index (χ0n) is 12.0. The molecule has 2 atom stereocenters. The van der Waals surface area contributed by atoms with Gasteiger partial charge in [0.05, 0.1) is 6.10 Å². The van der Waals surface area contributed by atoms with Crippen molar-refractivity contribution in [3.63, 3.8) is 0 Å². The van der Waals surface area contributed by atoms with Crippen LogP contribution in [-0.2, 0) is 0 Å². The highest BCUT2D eigenvalue weighted by Gasteiger charge is 2.19. The number of aliphatic hydroxyl groups excluding tert-OH is 1. The fraction of sp³-hybridized carbons (Fsp3) is 1.00. The zero-order chi connectivity index (χ0) is 12.8. The van der Waals surface area contributed by atoms with E-state index in [0.29, 0.717) is 6.04 Å². The van der Waals surface area contributed by atoms with Crippen molar-refractivity contribution in [2.75, 3.05) is 33.2 Å². The lowest BCUT2D eigenvalue weighted by Crippen LogP contribution is -2.41. The molecule has 0 saturated carbocycles. The second kappa shape index (κ2) is 7.34. The number of rotatable bonds is 7. The Morgan fingerprint density at radius 1 is 1.18 bits per heavy atom. The highest BCUT2D eigenvalue weighted by atomic mass is 16.3. The summed E-state index contributed by atoms with van der Waals surface area (Å²) in [6, 6.07) is 0.559. The van der Waals surface area contributed by atoms with Crippen LogP contribution < -0.4 is 0 Å². The summed E-state index contributed by atoms with van der Waals surface area (Å²) < 4.78 is 0. The topological polar surface area (TPSA) is 26.7 Å². The van der Waals surface area contributed by atoms with E-state index in [2.05, 4.69) is 37.6 Å². The third-order valence-electron chi connectivity index (χ3n) is 3.73. The molecule has 3 nitrogen and oxygen atoms in total. The minimum Gasteiger partial charge on any atom is -0.390 e. The summed E-state index contributed by atoms with van der Waals surface area (Å²) in [5.74, 6) is 0.725. The first-order valence-electron chi connectivity index (χ1n) is 7.09. The lowest BCUT2D eigenvalue weighted by molar-refractivity contribution is 0.0744. The largest absolute Gasteiger partial charge is 0.390 e. The maximum Gasteiger partial charge on any atom is 0.0793 e. The van der Waals surface area contributed by atoms with Crippen LogP contribution in [0.1, 0.15) is 40.0 Å². The molecule has 0 aliphatic carbocycles. The molecule has 1 fully saturated rings. The first kappa shape index (κ1) is 14.9. The van der Waals surface area contributed by atoms with Gasteiger partial charge in [-0.05, 0) is 52.2 Å². The van der Waals surface area contributed by atoms with Gasteiger partial charge in [0.2, 0.25) is 0 Å². The van der Waals surface area contributed by atoms with Gasteiger partial charge in [0.1, 0.15) is 0 Å². The van der Waals surface area contributed by atoms with E-state index in [1.54, 1.807) is 0 Å². The predicted molar refractivity (Wildman–Crippen MR) is 73.2 cm³/mol. The third-order valence-corrected chi connectivity index (χ3v) is 3.73. The van der Waals surface area contributed by atoms with Crippen molar-refractivity contribution >= 4 is 0 Å². The Kier molecular flexibility index (Phi) is 6.45. The second-order valence-electron chi connectivity index (χ2n) is 6.08. The van der Waals surface area contributed by atoms with Crippen LogP contribution in [0.2, 0.25) is 0 Å². The summed E-state index contributed by atoms with van der Waals surface area (Å²) in [6.07, 6.45) is 3.60. The van der Waals surface area contributed by atoms with Crippen molar-refractivity contribution in [2.45, 2.75) is 52.2 Å². The molecular weight excluding hydrogens is 212 g/mol. The quantitative estimate of drug-likeness (QED) is 0.737. The van der Waals surface area contributed by atoms with Crippen molar-refractivity contribution < 1.29 is 5.11 Å². The summed E-state index contributed by atoms with van der Waals surface area (Å²) in [5.41, 5.74) is 0. The van der Waals surface area contributed by atoms with Gasteiger partial charge in [0, 0.05) is 19.1 Å². The Labute approximate surface area is 107 Å². The fourth-order valence-corrected chi connectivity index (χ4v) is 2.70. The van der Waals surface area contributed by atoms with E-state index in [0.717, 1.165) is 19.0 Å². The molecule has 17 heavy (non-hydrogen) atoms. The minimum atomic E-state index is -0.201. The average Bonchev–Trinajstić information content (AvgIpc) is 2.68. The molecule has 3 heteroatoms. The standard InChI is InChI=1S/C14H30N2O/c1-12(2)9-13(3)15(4)10-14(17)11-16-7-5-6-8-16/h12-14,17H,5-11H2,1-4H3/t13-,14+/m1/s1. The van der Waals surface area contributed by atoms with Gasteiger partial charge in [0.15, 0.2) is 0 Å². The monoisotopic (exact) mass is 242 g/mol. The van der Waals surface area contributed by atoms with Crippen LogP contribution in [0, 0.1) is 5.92 Å². The third kappa shape index (κ3) is 5.84.